The Morgan fingerprint density at radius 1 is 1.14 bits per heavy atom. The number of nitrogens with zero attached hydrogens (tertiary/aromatic N) is 2. The molecule has 0 bridgehead atoms. The van der Waals surface area contributed by atoms with E-state index in [4.69, 9.17) is 4.74 Å². The molecule has 2 aromatic rings. The second-order valence-electron chi connectivity index (χ2n) is 6.17. The highest BCUT2D eigenvalue weighted by Gasteiger charge is 2.40. The Balaban J connectivity index is 2.04. The van der Waals surface area contributed by atoms with Crippen LogP contribution in [0.15, 0.2) is 36.4 Å². The van der Waals surface area contributed by atoms with Gasteiger partial charge in [-0.15, -0.1) is 0 Å². The van der Waals surface area contributed by atoms with Crippen molar-refractivity contribution in [2.24, 2.45) is 0 Å². The molecule has 4 heteroatoms. The molecule has 0 saturated heterocycles. The molecular weight excluding hydrogens is 276 g/mol. The SMILES string of the molecule is Cc1ccc2c(n1)Oc1ccccc1C2(O)CCCN(C)C. The molecule has 1 N–H and O–H groups in total. The number of para-hydroxylation sites is 1. The Hall–Kier alpha value is -1.91. The third-order valence-corrected chi connectivity index (χ3v) is 4.13. The molecule has 3 rings (SSSR count). The van der Waals surface area contributed by atoms with Crippen LogP contribution in [0, 0.1) is 6.92 Å². The van der Waals surface area contributed by atoms with E-state index in [1.807, 2.05) is 57.4 Å². The van der Waals surface area contributed by atoms with E-state index in [1.165, 1.54) is 0 Å². The number of ether oxygens (including phenoxy) is 1. The summed E-state index contributed by atoms with van der Waals surface area (Å²) in [6, 6.07) is 11.5. The summed E-state index contributed by atoms with van der Waals surface area (Å²) in [6.45, 7) is 2.86. The van der Waals surface area contributed by atoms with Crippen LogP contribution in [0.25, 0.3) is 0 Å². The van der Waals surface area contributed by atoms with Gasteiger partial charge in [-0.25, -0.2) is 4.98 Å². The molecule has 0 amide bonds. The monoisotopic (exact) mass is 298 g/mol. The van der Waals surface area contributed by atoms with Gasteiger partial charge in [0.25, 0.3) is 0 Å². The average Bonchev–Trinajstić information content (AvgIpc) is 2.47. The summed E-state index contributed by atoms with van der Waals surface area (Å²) in [6.07, 6.45) is 1.54. The number of benzene rings is 1. The van der Waals surface area contributed by atoms with Crippen LogP contribution in [0.5, 0.6) is 11.6 Å². The van der Waals surface area contributed by atoms with Crippen LogP contribution in [-0.4, -0.2) is 35.6 Å². The molecule has 0 fully saturated rings. The molecule has 116 valence electrons. The molecule has 0 saturated carbocycles. The van der Waals surface area contributed by atoms with Gasteiger partial charge in [0.2, 0.25) is 5.88 Å². The largest absolute Gasteiger partial charge is 0.438 e. The molecule has 0 radical (unpaired) electrons. The van der Waals surface area contributed by atoms with Gasteiger partial charge in [0.1, 0.15) is 11.4 Å². The highest BCUT2D eigenvalue weighted by Crippen LogP contribution is 2.47. The van der Waals surface area contributed by atoms with Gasteiger partial charge in [-0.2, -0.15) is 0 Å². The minimum Gasteiger partial charge on any atom is -0.438 e. The average molecular weight is 298 g/mol. The van der Waals surface area contributed by atoms with Crippen molar-refractivity contribution in [1.82, 2.24) is 9.88 Å². The fraction of sp³-hybridized carbons (Fsp3) is 0.389. The summed E-state index contributed by atoms with van der Waals surface area (Å²) in [5.41, 5.74) is 1.43. The van der Waals surface area contributed by atoms with Crippen molar-refractivity contribution in [1.29, 1.82) is 0 Å². The minimum absolute atomic E-state index is 0.519. The number of rotatable bonds is 4. The van der Waals surface area contributed by atoms with Gasteiger partial charge >= 0.3 is 0 Å². The van der Waals surface area contributed by atoms with Gasteiger partial charge in [0.05, 0.1) is 5.56 Å². The predicted octanol–water partition coefficient (Wildman–Crippen LogP) is 3.07. The summed E-state index contributed by atoms with van der Waals surface area (Å²) in [5.74, 6) is 1.21. The highest BCUT2D eigenvalue weighted by molar-refractivity contribution is 5.53. The standard InChI is InChI=1S/C18H22N2O2/c1-13-9-10-15-17(19-13)22-16-8-5-4-7-14(16)18(15,21)11-6-12-20(2)3/h4-5,7-10,21H,6,11-12H2,1-3H3. The van der Waals surface area contributed by atoms with Crippen LogP contribution in [0.4, 0.5) is 0 Å². The van der Waals surface area contributed by atoms with Crippen LogP contribution in [-0.2, 0) is 5.60 Å². The number of hydrogen-bond donors (Lipinski definition) is 1. The van der Waals surface area contributed by atoms with Crippen LogP contribution < -0.4 is 4.74 Å². The first-order valence-electron chi connectivity index (χ1n) is 7.63. The Kier molecular flexibility index (Phi) is 3.89. The van der Waals surface area contributed by atoms with Gasteiger partial charge in [-0.05, 0) is 58.6 Å². The predicted molar refractivity (Wildman–Crippen MR) is 86.3 cm³/mol. The van der Waals surface area contributed by atoms with Gasteiger partial charge in [0, 0.05) is 11.3 Å². The molecule has 0 spiro atoms. The number of aryl methyl sites for hydroxylation is 1. The summed E-state index contributed by atoms with van der Waals surface area (Å²) < 4.78 is 5.90. The van der Waals surface area contributed by atoms with Crippen molar-refractivity contribution in [3.63, 3.8) is 0 Å². The minimum atomic E-state index is -1.04. The van der Waals surface area contributed by atoms with Crippen molar-refractivity contribution in [2.75, 3.05) is 20.6 Å². The van der Waals surface area contributed by atoms with E-state index < -0.39 is 5.60 Å². The number of pyridine rings is 1. The van der Waals surface area contributed by atoms with Crippen molar-refractivity contribution in [2.45, 2.75) is 25.4 Å². The lowest BCUT2D eigenvalue weighted by Crippen LogP contribution is -2.32. The Bertz CT molecular complexity index is 685. The first-order valence-corrected chi connectivity index (χ1v) is 7.63. The third-order valence-electron chi connectivity index (χ3n) is 4.13. The first kappa shape index (κ1) is 15.0. The Labute approximate surface area is 131 Å². The van der Waals surface area contributed by atoms with E-state index in [9.17, 15) is 5.11 Å². The van der Waals surface area contributed by atoms with E-state index in [2.05, 4.69) is 9.88 Å². The lowest BCUT2D eigenvalue weighted by molar-refractivity contribution is 0.0550. The summed E-state index contributed by atoms with van der Waals surface area (Å²) >= 11 is 0. The summed E-state index contributed by atoms with van der Waals surface area (Å²) in [5, 5.41) is 11.4. The maximum Gasteiger partial charge on any atom is 0.225 e. The molecule has 1 atom stereocenters. The maximum absolute atomic E-state index is 11.4. The molecule has 0 aliphatic carbocycles. The molecule has 1 aliphatic heterocycles. The van der Waals surface area contributed by atoms with E-state index >= 15 is 0 Å². The normalized spacial score (nSPS) is 19.5. The van der Waals surface area contributed by atoms with Crippen molar-refractivity contribution >= 4 is 0 Å². The van der Waals surface area contributed by atoms with E-state index in [1.54, 1.807) is 0 Å². The molecule has 22 heavy (non-hydrogen) atoms. The number of aliphatic hydroxyl groups is 1. The van der Waals surface area contributed by atoms with Gasteiger partial charge in [0.15, 0.2) is 0 Å². The second-order valence-corrected chi connectivity index (χ2v) is 6.17. The van der Waals surface area contributed by atoms with E-state index in [0.29, 0.717) is 18.1 Å². The summed E-state index contributed by atoms with van der Waals surface area (Å²) in [7, 11) is 4.08. The lowest BCUT2D eigenvalue weighted by Gasteiger charge is -2.35. The molecule has 1 unspecified atom stereocenters. The zero-order valence-corrected chi connectivity index (χ0v) is 13.3. The number of aromatic nitrogens is 1. The highest BCUT2D eigenvalue weighted by atomic mass is 16.5. The van der Waals surface area contributed by atoms with Crippen LogP contribution in [0.2, 0.25) is 0 Å². The van der Waals surface area contributed by atoms with E-state index in [0.717, 1.165) is 29.8 Å². The lowest BCUT2D eigenvalue weighted by atomic mass is 9.81. The molecular formula is C18H22N2O2. The van der Waals surface area contributed by atoms with Crippen LogP contribution >= 0.6 is 0 Å². The third kappa shape index (κ3) is 2.60. The van der Waals surface area contributed by atoms with E-state index in [-0.39, 0.29) is 0 Å². The number of fused-ring (bicyclic) bond motifs is 2. The van der Waals surface area contributed by atoms with Gasteiger partial charge in [-0.3, -0.25) is 0 Å². The van der Waals surface area contributed by atoms with Crippen LogP contribution in [0.1, 0.15) is 29.7 Å². The number of hydrogen-bond acceptors (Lipinski definition) is 4. The zero-order chi connectivity index (χ0) is 15.7. The van der Waals surface area contributed by atoms with Crippen molar-refractivity contribution in [3.05, 3.63) is 53.2 Å². The van der Waals surface area contributed by atoms with Gasteiger partial charge in [-0.1, -0.05) is 18.2 Å². The maximum atomic E-state index is 11.4. The van der Waals surface area contributed by atoms with Crippen molar-refractivity contribution < 1.29 is 9.84 Å². The fourth-order valence-corrected chi connectivity index (χ4v) is 2.99. The molecule has 2 heterocycles. The van der Waals surface area contributed by atoms with Gasteiger partial charge < -0.3 is 14.7 Å². The topological polar surface area (TPSA) is 45.6 Å². The molecule has 1 aromatic heterocycles. The molecule has 4 nitrogen and oxygen atoms in total. The quantitative estimate of drug-likeness (QED) is 0.942. The Morgan fingerprint density at radius 2 is 1.91 bits per heavy atom. The van der Waals surface area contributed by atoms with Crippen LogP contribution in [0.3, 0.4) is 0 Å². The van der Waals surface area contributed by atoms with Crippen molar-refractivity contribution in [3.8, 4) is 11.6 Å². The smallest absolute Gasteiger partial charge is 0.225 e. The second kappa shape index (κ2) is 5.71. The first-order chi connectivity index (χ1) is 10.5. The fourth-order valence-electron chi connectivity index (χ4n) is 2.99. The molecule has 1 aromatic carbocycles. The Morgan fingerprint density at radius 3 is 2.68 bits per heavy atom. The summed E-state index contributed by atoms with van der Waals surface area (Å²) in [4.78, 5) is 6.59. The molecule has 1 aliphatic rings. The zero-order valence-electron chi connectivity index (χ0n) is 13.3.